The molecule has 0 aromatic carbocycles. The number of H-pyrrole nitrogens is 1. The molecular formula is C16H21N3OS. The van der Waals surface area contributed by atoms with Gasteiger partial charge in [0.05, 0.1) is 11.6 Å². The van der Waals surface area contributed by atoms with E-state index in [4.69, 9.17) is 0 Å². The molecule has 112 valence electrons. The highest BCUT2D eigenvalue weighted by Gasteiger charge is 2.24. The number of aromatic nitrogens is 2. The Hall–Kier alpha value is -1.62. The summed E-state index contributed by atoms with van der Waals surface area (Å²) < 4.78 is 0. The third kappa shape index (κ3) is 2.88. The van der Waals surface area contributed by atoms with E-state index in [1.807, 2.05) is 5.38 Å². The number of aromatic amines is 1. The van der Waals surface area contributed by atoms with Crippen LogP contribution in [0, 0.1) is 5.92 Å². The van der Waals surface area contributed by atoms with Gasteiger partial charge >= 0.3 is 0 Å². The average molecular weight is 303 g/mol. The molecule has 4 nitrogen and oxygen atoms in total. The highest BCUT2D eigenvalue weighted by atomic mass is 32.1. The van der Waals surface area contributed by atoms with Crippen molar-refractivity contribution in [2.45, 2.75) is 45.6 Å². The summed E-state index contributed by atoms with van der Waals surface area (Å²) in [5.41, 5.74) is 2.14. The molecule has 0 bridgehead atoms. The van der Waals surface area contributed by atoms with Crippen LogP contribution in [0.1, 0.15) is 59.4 Å². The van der Waals surface area contributed by atoms with Gasteiger partial charge in [-0.1, -0.05) is 13.8 Å². The maximum atomic E-state index is 12.6. The molecule has 0 saturated carbocycles. The molecule has 2 N–H and O–H groups in total. The third-order valence-electron chi connectivity index (χ3n) is 4.21. The van der Waals surface area contributed by atoms with E-state index >= 15 is 0 Å². The number of hydrogen-bond donors (Lipinski definition) is 2. The van der Waals surface area contributed by atoms with Crippen LogP contribution in [0.3, 0.4) is 0 Å². The fourth-order valence-corrected chi connectivity index (χ4v) is 4.18. The summed E-state index contributed by atoms with van der Waals surface area (Å²) in [6, 6.07) is -0.0504. The maximum Gasteiger partial charge on any atom is 0.253 e. The summed E-state index contributed by atoms with van der Waals surface area (Å²) in [7, 11) is 0. The molecule has 0 aliphatic heterocycles. The van der Waals surface area contributed by atoms with Crippen molar-refractivity contribution in [3.63, 3.8) is 0 Å². The van der Waals surface area contributed by atoms with Gasteiger partial charge in [0.2, 0.25) is 0 Å². The molecule has 1 amide bonds. The summed E-state index contributed by atoms with van der Waals surface area (Å²) >= 11 is 1.73. The molecule has 2 heterocycles. The first kappa shape index (κ1) is 14.3. The number of rotatable bonds is 4. The quantitative estimate of drug-likeness (QED) is 0.908. The molecule has 5 heteroatoms. The summed E-state index contributed by atoms with van der Waals surface area (Å²) in [6.45, 7) is 4.34. The van der Waals surface area contributed by atoms with Gasteiger partial charge in [-0.3, -0.25) is 4.79 Å². The SMILES string of the molecule is CCC(NC(=O)c1csc2c1CCC(C)C2)c1ncc[nH]1. The Morgan fingerprint density at radius 2 is 2.48 bits per heavy atom. The lowest BCUT2D eigenvalue weighted by molar-refractivity contribution is 0.0933. The molecule has 0 radical (unpaired) electrons. The van der Waals surface area contributed by atoms with Crippen molar-refractivity contribution in [3.05, 3.63) is 39.6 Å². The first-order chi connectivity index (χ1) is 10.2. The topological polar surface area (TPSA) is 57.8 Å². The van der Waals surface area contributed by atoms with Crippen LogP contribution in [0.25, 0.3) is 0 Å². The molecule has 2 aromatic rings. The molecule has 21 heavy (non-hydrogen) atoms. The summed E-state index contributed by atoms with van der Waals surface area (Å²) in [4.78, 5) is 21.3. The molecule has 0 saturated heterocycles. The third-order valence-corrected chi connectivity index (χ3v) is 5.26. The molecular weight excluding hydrogens is 282 g/mol. The van der Waals surface area contributed by atoms with Gasteiger partial charge in [-0.05, 0) is 37.2 Å². The van der Waals surface area contributed by atoms with E-state index in [1.165, 1.54) is 16.9 Å². The lowest BCUT2D eigenvalue weighted by atomic mass is 9.88. The maximum absolute atomic E-state index is 12.6. The number of imidazole rings is 1. The van der Waals surface area contributed by atoms with Crippen LogP contribution in [0.5, 0.6) is 0 Å². The second-order valence-electron chi connectivity index (χ2n) is 5.81. The second kappa shape index (κ2) is 6.02. The van der Waals surface area contributed by atoms with Crippen LogP contribution in [0.2, 0.25) is 0 Å². The van der Waals surface area contributed by atoms with Crippen molar-refractivity contribution >= 4 is 17.2 Å². The first-order valence-corrected chi connectivity index (χ1v) is 8.46. The monoisotopic (exact) mass is 303 g/mol. The Morgan fingerprint density at radius 3 is 3.19 bits per heavy atom. The second-order valence-corrected chi connectivity index (χ2v) is 6.77. The summed E-state index contributed by atoms with van der Waals surface area (Å²) in [5.74, 6) is 1.59. The zero-order chi connectivity index (χ0) is 14.8. The van der Waals surface area contributed by atoms with Gasteiger partial charge in [-0.15, -0.1) is 11.3 Å². The zero-order valence-electron chi connectivity index (χ0n) is 12.5. The highest BCUT2D eigenvalue weighted by Crippen LogP contribution is 2.33. The summed E-state index contributed by atoms with van der Waals surface area (Å²) in [5, 5.41) is 5.13. The van der Waals surface area contributed by atoms with E-state index in [1.54, 1.807) is 23.7 Å². The van der Waals surface area contributed by atoms with E-state index in [0.29, 0.717) is 0 Å². The normalized spacial score (nSPS) is 19.0. The van der Waals surface area contributed by atoms with E-state index < -0.39 is 0 Å². The number of carbonyl (C=O) groups is 1. The van der Waals surface area contributed by atoms with Gasteiger partial charge in [-0.2, -0.15) is 0 Å². The van der Waals surface area contributed by atoms with Crippen LogP contribution < -0.4 is 5.32 Å². The fourth-order valence-electron chi connectivity index (χ4n) is 2.94. The lowest BCUT2D eigenvalue weighted by Crippen LogP contribution is -2.29. The van der Waals surface area contributed by atoms with Crippen molar-refractivity contribution in [3.8, 4) is 0 Å². The standard InChI is InChI=1S/C16H21N3OS/c1-3-13(15-17-6-7-18-15)19-16(20)12-9-21-14-8-10(2)4-5-11(12)14/h6-7,9-10,13H,3-5,8H2,1-2H3,(H,17,18)(H,19,20). The van der Waals surface area contributed by atoms with Crippen LogP contribution in [0.15, 0.2) is 17.8 Å². The smallest absolute Gasteiger partial charge is 0.253 e. The average Bonchev–Trinajstić information content (AvgIpc) is 3.13. The Morgan fingerprint density at radius 1 is 1.62 bits per heavy atom. The number of carbonyl (C=O) groups excluding carboxylic acids is 1. The van der Waals surface area contributed by atoms with Crippen LogP contribution in [-0.4, -0.2) is 15.9 Å². The predicted molar refractivity (Wildman–Crippen MR) is 84.6 cm³/mol. The van der Waals surface area contributed by atoms with E-state index in [-0.39, 0.29) is 11.9 Å². The molecule has 3 rings (SSSR count). The van der Waals surface area contributed by atoms with Crippen molar-refractivity contribution in [1.29, 1.82) is 0 Å². The minimum atomic E-state index is -0.0504. The van der Waals surface area contributed by atoms with Crippen LogP contribution in [0.4, 0.5) is 0 Å². The Bertz CT molecular complexity index is 618. The molecule has 2 atom stereocenters. The van der Waals surface area contributed by atoms with E-state index in [9.17, 15) is 4.79 Å². The van der Waals surface area contributed by atoms with Crippen molar-refractivity contribution in [2.24, 2.45) is 5.92 Å². The van der Waals surface area contributed by atoms with Gasteiger partial charge < -0.3 is 10.3 Å². The Balaban J connectivity index is 1.77. The van der Waals surface area contributed by atoms with Crippen molar-refractivity contribution in [1.82, 2.24) is 15.3 Å². The lowest BCUT2D eigenvalue weighted by Gasteiger charge is -2.20. The van der Waals surface area contributed by atoms with E-state index in [0.717, 1.165) is 36.6 Å². The molecule has 2 unspecified atom stereocenters. The van der Waals surface area contributed by atoms with Crippen molar-refractivity contribution in [2.75, 3.05) is 0 Å². The minimum absolute atomic E-state index is 0.0327. The largest absolute Gasteiger partial charge is 0.347 e. The Labute approximate surface area is 129 Å². The number of nitrogens with zero attached hydrogens (tertiary/aromatic N) is 1. The number of hydrogen-bond acceptors (Lipinski definition) is 3. The molecule has 0 spiro atoms. The summed E-state index contributed by atoms with van der Waals surface area (Å²) in [6.07, 6.45) is 7.65. The van der Waals surface area contributed by atoms with Gasteiger partial charge in [0.15, 0.2) is 0 Å². The molecule has 1 aliphatic carbocycles. The number of amides is 1. The van der Waals surface area contributed by atoms with Gasteiger partial charge in [0, 0.05) is 22.7 Å². The molecule has 0 fully saturated rings. The van der Waals surface area contributed by atoms with Crippen LogP contribution in [-0.2, 0) is 12.8 Å². The highest BCUT2D eigenvalue weighted by molar-refractivity contribution is 7.10. The number of thiophene rings is 1. The molecule has 2 aromatic heterocycles. The van der Waals surface area contributed by atoms with Crippen molar-refractivity contribution < 1.29 is 4.79 Å². The number of nitrogens with one attached hydrogen (secondary N) is 2. The predicted octanol–water partition coefficient (Wildman–Crippen LogP) is 3.48. The van der Waals surface area contributed by atoms with Crippen LogP contribution >= 0.6 is 11.3 Å². The minimum Gasteiger partial charge on any atom is -0.347 e. The first-order valence-electron chi connectivity index (χ1n) is 7.58. The van der Waals surface area contributed by atoms with Gasteiger partial charge in [0.25, 0.3) is 5.91 Å². The van der Waals surface area contributed by atoms with Gasteiger partial charge in [-0.25, -0.2) is 4.98 Å². The van der Waals surface area contributed by atoms with Gasteiger partial charge in [0.1, 0.15) is 5.82 Å². The van der Waals surface area contributed by atoms with E-state index in [2.05, 4.69) is 29.1 Å². The zero-order valence-corrected chi connectivity index (χ0v) is 13.3. The Kier molecular flexibility index (Phi) is 4.10. The fraction of sp³-hybridized carbons (Fsp3) is 0.500. The number of fused-ring (bicyclic) bond motifs is 1. The molecule has 1 aliphatic rings.